The topological polar surface area (TPSA) is 50.6 Å². The first-order valence-corrected chi connectivity index (χ1v) is 10.9. The second kappa shape index (κ2) is 9.35. The van der Waals surface area contributed by atoms with Gasteiger partial charge < -0.3 is 4.74 Å². The first-order chi connectivity index (χ1) is 15.1. The summed E-state index contributed by atoms with van der Waals surface area (Å²) in [6, 6.07) is 18.0. The van der Waals surface area contributed by atoms with Crippen molar-refractivity contribution in [1.29, 1.82) is 0 Å². The summed E-state index contributed by atoms with van der Waals surface area (Å²) < 4.78 is 7.14. The second-order valence-corrected chi connectivity index (χ2v) is 8.03. The fourth-order valence-corrected chi connectivity index (χ4v) is 4.01. The van der Waals surface area contributed by atoms with Crippen molar-refractivity contribution in [2.75, 3.05) is 25.2 Å². The Balaban J connectivity index is 1.76. The van der Waals surface area contributed by atoms with Crippen molar-refractivity contribution in [3.05, 3.63) is 81.8 Å². The molecular weight excluding hydrogens is 388 g/mol. The number of rotatable bonds is 7. The van der Waals surface area contributed by atoms with E-state index in [1.54, 1.807) is 7.11 Å². The lowest BCUT2D eigenvalue weighted by Gasteiger charge is -2.38. The Morgan fingerprint density at radius 1 is 1.03 bits per heavy atom. The summed E-state index contributed by atoms with van der Waals surface area (Å²) in [7, 11) is 1.66. The molecule has 31 heavy (non-hydrogen) atoms. The molecule has 2 aromatic carbocycles. The van der Waals surface area contributed by atoms with E-state index in [4.69, 9.17) is 9.72 Å². The summed E-state index contributed by atoms with van der Waals surface area (Å²) in [5, 5.41) is 0. The van der Waals surface area contributed by atoms with Gasteiger partial charge in [0.05, 0.1) is 26.1 Å². The van der Waals surface area contributed by atoms with Gasteiger partial charge in [-0.3, -0.25) is 19.2 Å². The number of aryl methyl sites for hydroxylation is 1. The van der Waals surface area contributed by atoms with Crippen LogP contribution in [0.15, 0.2) is 59.4 Å². The molecule has 0 amide bonds. The van der Waals surface area contributed by atoms with Gasteiger partial charge in [0, 0.05) is 24.2 Å². The first-order valence-electron chi connectivity index (χ1n) is 10.9. The quantitative estimate of drug-likeness (QED) is 0.572. The minimum atomic E-state index is 0.0473. The molecule has 6 heteroatoms. The summed E-state index contributed by atoms with van der Waals surface area (Å²) in [5.41, 5.74) is 3.72. The van der Waals surface area contributed by atoms with E-state index in [1.807, 2.05) is 54.0 Å². The lowest BCUT2D eigenvalue weighted by molar-refractivity contribution is 0.195. The van der Waals surface area contributed by atoms with Gasteiger partial charge in [-0.2, -0.15) is 0 Å². The number of hydrogen-bond donors (Lipinski definition) is 0. The van der Waals surface area contributed by atoms with Crippen molar-refractivity contribution in [2.24, 2.45) is 0 Å². The van der Waals surface area contributed by atoms with Crippen LogP contribution in [-0.2, 0) is 13.1 Å². The van der Waals surface area contributed by atoms with Crippen LogP contribution in [0.3, 0.4) is 0 Å². The molecule has 3 aromatic rings. The molecule has 0 bridgehead atoms. The van der Waals surface area contributed by atoms with Gasteiger partial charge in [0.2, 0.25) is 5.95 Å². The second-order valence-electron chi connectivity index (χ2n) is 8.03. The van der Waals surface area contributed by atoms with Gasteiger partial charge in [-0.05, 0) is 43.2 Å². The zero-order valence-corrected chi connectivity index (χ0v) is 18.5. The molecule has 162 valence electrons. The smallest absolute Gasteiger partial charge is 0.259 e. The minimum absolute atomic E-state index is 0.0473. The Morgan fingerprint density at radius 3 is 2.45 bits per heavy atom. The molecular formula is C25H30N4O2. The van der Waals surface area contributed by atoms with E-state index in [1.165, 1.54) is 0 Å². The monoisotopic (exact) mass is 418 g/mol. The fraction of sp³-hybridized carbons (Fsp3) is 0.360. The molecule has 1 aromatic heterocycles. The number of benzene rings is 2. The van der Waals surface area contributed by atoms with Crippen molar-refractivity contribution in [2.45, 2.75) is 39.8 Å². The largest absolute Gasteiger partial charge is 0.497 e. The Morgan fingerprint density at radius 2 is 1.77 bits per heavy atom. The SMILES string of the molecule is CCCCN1CN(c2ccc(OC)cc2)c2nc(C)c(Cc3ccccc3)c(=O)n2C1. The number of anilines is 2. The van der Waals surface area contributed by atoms with Crippen molar-refractivity contribution < 1.29 is 4.74 Å². The highest BCUT2D eigenvalue weighted by atomic mass is 16.5. The molecule has 0 radical (unpaired) electrons. The molecule has 0 fully saturated rings. The van der Waals surface area contributed by atoms with Gasteiger partial charge >= 0.3 is 0 Å². The molecule has 6 nitrogen and oxygen atoms in total. The Labute approximate surface area is 183 Å². The van der Waals surface area contributed by atoms with Gasteiger partial charge in [-0.1, -0.05) is 43.7 Å². The average Bonchev–Trinajstić information content (AvgIpc) is 2.81. The van der Waals surface area contributed by atoms with E-state index < -0.39 is 0 Å². The fourth-order valence-electron chi connectivity index (χ4n) is 4.01. The molecule has 0 saturated carbocycles. The molecule has 0 unspecified atom stereocenters. The van der Waals surface area contributed by atoms with Crippen LogP contribution in [-0.4, -0.2) is 34.8 Å². The van der Waals surface area contributed by atoms with E-state index in [9.17, 15) is 4.79 Å². The van der Waals surface area contributed by atoms with Crippen LogP contribution in [0.2, 0.25) is 0 Å². The summed E-state index contributed by atoms with van der Waals surface area (Å²) in [5.74, 6) is 1.51. The van der Waals surface area contributed by atoms with Crippen LogP contribution in [0.4, 0.5) is 11.6 Å². The van der Waals surface area contributed by atoms with E-state index in [-0.39, 0.29) is 5.56 Å². The summed E-state index contributed by atoms with van der Waals surface area (Å²) in [4.78, 5) is 22.9. The highest BCUT2D eigenvalue weighted by Gasteiger charge is 2.27. The molecule has 0 atom stereocenters. The number of methoxy groups -OCH3 is 1. The number of ether oxygens (including phenoxy) is 1. The standard InChI is InChI=1S/C25H30N4O2/c1-4-5-15-27-17-28(21-11-13-22(31-3)14-12-21)25-26-19(2)23(24(30)29(25)18-27)16-20-9-7-6-8-10-20/h6-14H,4-5,15-18H2,1-3H3. The van der Waals surface area contributed by atoms with E-state index in [0.717, 1.165) is 47.6 Å². The normalized spacial score (nSPS) is 13.8. The molecule has 0 N–H and O–H groups in total. The van der Waals surface area contributed by atoms with Crippen molar-refractivity contribution in [1.82, 2.24) is 14.5 Å². The third-order valence-electron chi connectivity index (χ3n) is 5.81. The lowest BCUT2D eigenvalue weighted by atomic mass is 10.1. The Hall–Kier alpha value is -3.12. The van der Waals surface area contributed by atoms with Crippen LogP contribution in [0.5, 0.6) is 5.75 Å². The van der Waals surface area contributed by atoms with Gasteiger partial charge in [0.15, 0.2) is 0 Å². The molecule has 4 rings (SSSR count). The maximum absolute atomic E-state index is 13.6. The van der Waals surface area contributed by atoms with Crippen LogP contribution < -0.4 is 15.2 Å². The van der Waals surface area contributed by atoms with Crippen molar-refractivity contribution in [3.63, 3.8) is 0 Å². The lowest BCUT2D eigenvalue weighted by Crippen LogP contribution is -2.48. The van der Waals surface area contributed by atoms with Crippen LogP contribution in [0.25, 0.3) is 0 Å². The molecule has 0 spiro atoms. The summed E-state index contributed by atoms with van der Waals surface area (Å²) in [6.45, 7) is 6.34. The van der Waals surface area contributed by atoms with Gasteiger partial charge in [0.1, 0.15) is 5.75 Å². The summed E-state index contributed by atoms with van der Waals surface area (Å²) >= 11 is 0. The Kier molecular flexibility index (Phi) is 6.37. The van der Waals surface area contributed by atoms with Crippen LogP contribution in [0, 0.1) is 6.92 Å². The molecule has 1 aliphatic rings. The third-order valence-corrected chi connectivity index (χ3v) is 5.81. The van der Waals surface area contributed by atoms with E-state index in [0.29, 0.717) is 25.7 Å². The highest BCUT2D eigenvalue weighted by Crippen LogP contribution is 2.29. The van der Waals surface area contributed by atoms with Crippen LogP contribution >= 0.6 is 0 Å². The predicted octanol–water partition coefficient (Wildman–Crippen LogP) is 4.32. The maximum atomic E-state index is 13.6. The zero-order chi connectivity index (χ0) is 21.8. The Bertz CT molecular complexity index is 1080. The van der Waals surface area contributed by atoms with Crippen LogP contribution in [0.1, 0.15) is 36.6 Å². The molecule has 0 aliphatic carbocycles. The van der Waals surface area contributed by atoms with E-state index in [2.05, 4.69) is 28.9 Å². The summed E-state index contributed by atoms with van der Waals surface area (Å²) in [6.07, 6.45) is 2.80. The number of nitrogens with zero attached hydrogens (tertiary/aromatic N) is 4. The predicted molar refractivity (Wildman–Crippen MR) is 124 cm³/mol. The third kappa shape index (κ3) is 4.49. The minimum Gasteiger partial charge on any atom is -0.497 e. The molecule has 1 aliphatic heterocycles. The number of fused-ring (bicyclic) bond motifs is 1. The van der Waals surface area contributed by atoms with Gasteiger partial charge in [-0.25, -0.2) is 4.98 Å². The zero-order valence-electron chi connectivity index (χ0n) is 18.5. The first kappa shape index (κ1) is 21.1. The molecule has 2 heterocycles. The van der Waals surface area contributed by atoms with Crippen molar-refractivity contribution >= 4 is 11.6 Å². The number of hydrogen-bond acceptors (Lipinski definition) is 5. The van der Waals surface area contributed by atoms with Gasteiger partial charge in [-0.15, -0.1) is 0 Å². The average molecular weight is 419 g/mol. The number of unbranched alkanes of at least 4 members (excludes halogenated alkanes) is 1. The van der Waals surface area contributed by atoms with E-state index >= 15 is 0 Å². The molecule has 0 saturated heterocycles. The maximum Gasteiger partial charge on any atom is 0.259 e. The highest BCUT2D eigenvalue weighted by molar-refractivity contribution is 5.59. The van der Waals surface area contributed by atoms with Crippen molar-refractivity contribution in [3.8, 4) is 5.75 Å². The number of aromatic nitrogens is 2. The van der Waals surface area contributed by atoms with Gasteiger partial charge in [0.25, 0.3) is 5.56 Å².